The first-order chi connectivity index (χ1) is 34.5. The highest BCUT2D eigenvalue weighted by molar-refractivity contribution is 5.71. The fourth-order valence-electron chi connectivity index (χ4n) is 7.91. The number of hydrogen-bond acceptors (Lipinski definition) is 6. The fourth-order valence-corrected chi connectivity index (χ4v) is 7.91. The quantitative estimate of drug-likeness (QED) is 0.0262. The number of ether oxygens (including phenoxy) is 3. The van der Waals surface area contributed by atoms with Gasteiger partial charge < -0.3 is 14.2 Å². The van der Waals surface area contributed by atoms with Crippen LogP contribution in [0.3, 0.4) is 0 Å². The third-order valence-corrected chi connectivity index (χ3v) is 12.3. The summed E-state index contributed by atoms with van der Waals surface area (Å²) in [7, 11) is 0. The molecule has 1 unspecified atom stereocenters. The van der Waals surface area contributed by atoms with Crippen LogP contribution in [0.4, 0.5) is 0 Å². The van der Waals surface area contributed by atoms with E-state index in [1.807, 2.05) is 0 Å². The molecule has 0 rings (SSSR count). The molecule has 0 aromatic carbocycles. The van der Waals surface area contributed by atoms with Crippen LogP contribution >= 0.6 is 0 Å². The Kier molecular flexibility index (Phi) is 54.9. The van der Waals surface area contributed by atoms with Crippen LogP contribution in [0.2, 0.25) is 0 Å². The number of hydrogen-bond donors (Lipinski definition) is 0. The largest absolute Gasteiger partial charge is 0.462 e. The molecule has 6 heteroatoms. The molecule has 0 saturated carbocycles. The average molecular weight is 974 g/mol. The summed E-state index contributed by atoms with van der Waals surface area (Å²) in [4.78, 5) is 38.0. The van der Waals surface area contributed by atoms with E-state index < -0.39 is 6.10 Å². The minimum atomic E-state index is -0.786. The average Bonchev–Trinajstić information content (AvgIpc) is 3.36. The van der Waals surface area contributed by atoms with Gasteiger partial charge in [-0.3, -0.25) is 14.4 Å². The van der Waals surface area contributed by atoms with Gasteiger partial charge in [-0.05, 0) is 116 Å². The van der Waals surface area contributed by atoms with E-state index in [2.05, 4.69) is 118 Å². The molecule has 1 atom stereocenters. The van der Waals surface area contributed by atoms with Crippen LogP contribution in [0, 0.1) is 0 Å². The van der Waals surface area contributed by atoms with Crippen molar-refractivity contribution in [2.45, 2.75) is 277 Å². The highest BCUT2D eigenvalue weighted by Gasteiger charge is 2.19. The van der Waals surface area contributed by atoms with Gasteiger partial charge in [-0.1, -0.05) is 234 Å². The zero-order valence-corrected chi connectivity index (χ0v) is 45.8. The number of unbranched alkanes of at least 4 members (excludes halogenated alkanes) is 25. The third kappa shape index (κ3) is 55.3. The molecule has 0 saturated heterocycles. The van der Waals surface area contributed by atoms with Gasteiger partial charge in [-0.25, -0.2) is 0 Å². The van der Waals surface area contributed by atoms with Gasteiger partial charge in [0.2, 0.25) is 0 Å². The lowest BCUT2D eigenvalue weighted by Crippen LogP contribution is -2.30. The van der Waals surface area contributed by atoms with Crippen LogP contribution in [0.25, 0.3) is 0 Å². The Bertz CT molecular complexity index is 1400. The Hall–Kier alpha value is -3.67. The van der Waals surface area contributed by atoms with Crippen molar-refractivity contribution in [2.75, 3.05) is 13.2 Å². The molecular formula is C64H108O6. The molecule has 0 N–H and O–H groups in total. The van der Waals surface area contributed by atoms with Gasteiger partial charge >= 0.3 is 17.9 Å². The highest BCUT2D eigenvalue weighted by atomic mass is 16.6. The summed E-state index contributed by atoms with van der Waals surface area (Å²) in [5, 5.41) is 0. The van der Waals surface area contributed by atoms with Crippen LogP contribution in [0.5, 0.6) is 0 Å². The van der Waals surface area contributed by atoms with Crippen LogP contribution in [-0.4, -0.2) is 37.2 Å². The maximum atomic E-state index is 12.8. The SMILES string of the molecule is CC/C=C\C/C=C\C/C=C\C/C=C\C/C=C\C/C=C\CCCCCCCCCCCCC(=O)OCC(COC(=O)CCCCCCC/C=C\CCC)OC(=O)CCCCCCC/C=C\CCCCCC. The summed E-state index contributed by atoms with van der Waals surface area (Å²) in [5.74, 6) is -0.907. The first-order valence-electron chi connectivity index (χ1n) is 29.2. The predicted molar refractivity (Wildman–Crippen MR) is 302 cm³/mol. The normalized spacial score (nSPS) is 12.8. The van der Waals surface area contributed by atoms with Crippen molar-refractivity contribution >= 4 is 17.9 Å². The molecule has 0 aromatic rings. The summed E-state index contributed by atoms with van der Waals surface area (Å²) in [5.41, 5.74) is 0. The van der Waals surface area contributed by atoms with Gasteiger partial charge in [0.05, 0.1) is 0 Å². The fraction of sp³-hybridized carbons (Fsp3) is 0.703. The van der Waals surface area contributed by atoms with Crippen molar-refractivity contribution in [1.29, 1.82) is 0 Å². The minimum Gasteiger partial charge on any atom is -0.462 e. The maximum Gasteiger partial charge on any atom is 0.306 e. The van der Waals surface area contributed by atoms with Gasteiger partial charge in [-0.2, -0.15) is 0 Å². The second kappa shape index (κ2) is 57.9. The van der Waals surface area contributed by atoms with Crippen molar-refractivity contribution < 1.29 is 28.6 Å². The standard InChI is InChI=1S/C64H108O6/c1-4-7-10-13-16-19-22-24-25-26-27-28-29-30-31-32-33-34-35-36-37-38-39-41-42-45-48-51-54-57-63(66)69-60-61(59-68-62(65)56-53-50-47-44-21-18-15-12-9-6-3)70-64(67)58-55-52-49-46-43-40-23-20-17-14-11-8-5-2/h7,10,12,15-16,19-20,23-25,27-28,30-31,33-34,61H,4-6,8-9,11,13-14,17-18,21-22,26,29,32,35-60H2,1-3H3/b10-7-,15-12-,19-16-,23-20-,25-24-,28-27-,31-30-,34-33-. The van der Waals surface area contributed by atoms with Gasteiger partial charge in [0, 0.05) is 19.3 Å². The number of allylic oxidation sites excluding steroid dienone is 16. The molecule has 0 heterocycles. The molecule has 0 aliphatic heterocycles. The molecule has 0 amide bonds. The van der Waals surface area contributed by atoms with E-state index in [9.17, 15) is 14.4 Å². The molecular weight excluding hydrogens is 865 g/mol. The first-order valence-corrected chi connectivity index (χ1v) is 29.2. The van der Waals surface area contributed by atoms with E-state index in [1.54, 1.807) is 0 Å². The van der Waals surface area contributed by atoms with Crippen LogP contribution in [0.15, 0.2) is 97.2 Å². The summed E-state index contributed by atoms with van der Waals surface area (Å²) in [6.07, 6.45) is 77.0. The van der Waals surface area contributed by atoms with Crippen molar-refractivity contribution in [3.8, 4) is 0 Å². The number of rotatable bonds is 52. The lowest BCUT2D eigenvalue weighted by Gasteiger charge is -2.18. The lowest BCUT2D eigenvalue weighted by molar-refractivity contribution is -0.167. The van der Waals surface area contributed by atoms with Crippen molar-refractivity contribution in [1.82, 2.24) is 0 Å². The van der Waals surface area contributed by atoms with E-state index in [4.69, 9.17) is 14.2 Å². The molecule has 0 spiro atoms. The number of esters is 3. The summed E-state index contributed by atoms with van der Waals surface area (Å²) < 4.78 is 16.8. The van der Waals surface area contributed by atoms with Crippen molar-refractivity contribution in [3.05, 3.63) is 97.2 Å². The summed E-state index contributed by atoms with van der Waals surface area (Å²) >= 11 is 0. The highest BCUT2D eigenvalue weighted by Crippen LogP contribution is 2.15. The molecule has 0 aliphatic rings. The molecule has 0 radical (unpaired) electrons. The monoisotopic (exact) mass is 973 g/mol. The molecule has 0 bridgehead atoms. The van der Waals surface area contributed by atoms with Crippen molar-refractivity contribution in [3.63, 3.8) is 0 Å². The second-order valence-corrected chi connectivity index (χ2v) is 19.2. The van der Waals surface area contributed by atoms with Crippen LogP contribution in [-0.2, 0) is 28.6 Å². The van der Waals surface area contributed by atoms with Gasteiger partial charge in [0.25, 0.3) is 0 Å². The van der Waals surface area contributed by atoms with E-state index in [1.165, 1.54) is 109 Å². The molecule has 0 aromatic heterocycles. The zero-order chi connectivity index (χ0) is 50.7. The first kappa shape index (κ1) is 66.3. The maximum absolute atomic E-state index is 12.8. The Labute approximate surface area is 432 Å². The van der Waals surface area contributed by atoms with E-state index in [0.717, 1.165) is 122 Å². The Balaban J connectivity index is 4.20. The van der Waals surface area contributed by atoms with E-state index in [0.29, 0.717) is 19.3 Å². The van der Waals surface area contributed by atoms with Crippen molar-refractivity contribution in [2.24, 2.45) is 0 Å². The third-order valence-electron chi connectivity index (χ3n) is 12.3. The van der Waals surface area contributed by atoms with E-state index in [-0.39, 0.29) is 31.1 Å². The van der Waals surface area contributed by atoms with Crippen LogP contribution < -0.4 is 0 Å². The van der Waals surface area contributed by atoms with Gasteiger partial charge in [0.15, 0.2) is 6.10 Å². The predicted octanol–water partition coefficient (Wildman–Crippen LogP) is 19.7. The second-order valence-electron chi connectivity index (χ2n) is 19.2. The topological polar surface area (TPSA) is 78.9 Å². The minimum absolute atomic E-state index is 0.0853. The summed E-state index contributed by atoms with van der Waals surface area (Å²) in [6, 6.07) is 0. The van der Waals surface area contributed by atoms with Crippen LogP contribution in [0.1, 0.15) is 271 Å². The molecule has 6 nitrogen and oxygen atoms in total. The molecule has 0 aliphatic carbocycles. The number of carbonyl (C=O) groups is 3. The van der Waals surface area contributed by atoms with Gasteiger partial charge in [-0.15, -0.1) is 0 Å². The Morgan fingerprint density at radius 2 is 0.586 bits per heavy atom. The molecule has 70 heavy (non-hydrogen) atoms. The van der Waals surface area contributed by atoms with Gasteiger partial charge in [0.1, 0.15) is 13.2 Å². The Morgan fingerprint density at radius 1 is 0.300 bits per heavy atom. The number of carbonyl (C=O) groups excluding carboxylic acids is 3. The smallest absolute Gasteiger partial charge is 0.306 e. The molecule has 400 valence electrons. The summed E-state index contributed by atoms with van der Waals surface area (Å²) in [6.45, 7) is 6.43. The molecule has 0 fully saturated rings. The lowest BCUT2D eigenvalue weighted by atomic mass is 10.1. The van der Waals surface area contributed by atoms with E-state index >= 15 is 0 Å². The Morgan fingerprint density at radius 3 is 0.943 bits per heavy atom. The zero-order valence-electron chi connectivity index (χ0n) is 45.8.